The zero-order valence-electron chi connectivity index (χ0n) is 31.5. The van der Waals surface area contributed by atoms with Gasteiger partial charge in [-0.15, -0.1) is 0 Å². The highest BCUT2D eigenvalue weighted by Gasteiger charge is 2.46. The van der Waals surface area contributed by atoms with Gasteiger partial charge in [0.25, 0.3) is 0 Å². The van der Waals surface area contributed by atoms with E-state index >= 15 is 0 Å². The molecule has 0 amide bonds. The molecule has 2 aliphatic rings. The maximum absolute atomic E-state index is 7.04. The number of unbranched alkanes of at least 4 members (excludes halogenated alkanes) is 1. The van der Waals surface area contributed by atoms with E-state index in [-0.39, 0.29) is 22.3 Å². The molecule has 2 rings (SSSR count). The molecule has 0 aliphatic heterocycles. The first kappa shape index (κ1) is 37.9. The average Bonchev–Trinajstić information content (AvgIpc) is 3.30. The van der Waals surface area contributed by atoms with Crippen LogP contribution in [0.2, 0.25) is 0 Å². The standard InChI is InChI=1S/C41H79N/c1-15-18-25-38(7,8)37(42)39(9,10)26-24-33(29(4)5)27-30(6)36(32-20-19-21-32)41(13,14)28-40(11,12)35-23-22-31(16-2)34(35)17-3/h29-31,33-35,37H,15-28,42H2,1-14H3. The molecule has 42 heavy (non-hydrogen) atoms. The lowest BCUT2D eigenvalue weighted by Gasteiger charge is -2.46. The van der Waals surface area contributed by atoms with Gasteiger partial charge in [-0.25, -0.2) is 0 Å². The van der Waals surface area contributed by atoms with Crippen molar-refractivity contribution in [3.05, 3.63) is 11.1 Å². The van der Waals surface area contributed by atoms with Gasteiger partial charge in [0.05, 0.1) is 0 Å². The fraction of sp³-hybridized carbons (Fsp3) is 0.951. The molecule has 0 bridgehead atoms. The molecule has 0 aromatic rings. The van der Waals surface area contributed by atoms with Gasteiger partial charge in [0.2, 0.25) is 0 Å². The number of hydrogen-bond acceptors (Lipinski definition) is 1. The highest BCUT2D eigenvalue weighted by Crippen LogP contribution is 2.56. The summed E-state index contributed by atoms with van der Waals surface area (Å²) < 4.78 is 0. The second-order valence-electron chi connectivity index (χ2n) is 18.6. The number of rotatable bonds is 18. The van der Waals surface area contributed by atoms with Gasteiger partial charge in [0, 0.05) is 6.04 Å². The lowest BCUT2D eigenvalue weighted by molar-refractivity contribution is 0.0872. The van der Waals surface area contributed by atoms with Crippen LogP contribution >= 0.6 is 0 Å². The van der Waals surface area contributed by atoms with Crippen LogP contribution in [0.25, 0.3) is 0 Å². The molecular weight excluding hydrogens is 506 g/mol. The summed E-state index contributed by atoms with van der Waals surface area (Å²) in [5.41, 5.74) is 11.8. The van der Waals surface area contributed by atoms with Crippen molar-refractivity contribution < 1.29 is 0 Å². The Kier molecular flexibility index (Phi) is 13.8. The molecule has 2 saturated carbocycles. The predicted molar refractivity (Wildman–Crippen MR) is 190 cm³/mol. The average molecular weight is 586 g/mol. The molecule has 0 aromatic heterocycles. The van der Waals surface area contributed by atoms with Crippen molar-refractivity contribution in [2.75, 3.05) is 0 Å². The quantitative estimate of drug-likeness (QED) is 0.159. The van der Waals surface area contributed by atoms with Crippen LogP contribution in [0, 0.1) is 57.2 Å². The monoisotopic (exact) mass is 586 g/mol. The van der Waals surface area contributed by atoms with Crippen LogP contribution in [0.4, 0.5) is 0 Å². The van der Waals surface area contributed by atoms with Gasteiger partial charge in [-0.2, -0.15) is 0 Å². The SMILES string of the molecule is CCCCC(C)(C)C(N)C(C)(C)CCC(CC(C)C(=C1CCC1)C(C)(C)CC(C)(C)C1CCC(CC)C1CC)C(C)C. The molecule has 0 spiro atoms. The molecule has 0 heterocycles. The molecule has 0 aromatic carbocycles. The summed E-state index contributed by atoms with van der Waals surface area (Å²) in [7, 11) is 0. The molecular formula is C41H79N. The summed E-state index contributed by atoms with van der Waals surface area (Å²) >= 11 is 0. The molecule has 1 nitrogen and oxygen atoms in total. The van der Waals surface area contributed by atoms with Crippen molar-refractivity contribution in [2.45, 2.75) is 193 Å². The summed E-state index contributed by atoms with van der Waals surface area (Å²) in [5, 5.41) is 0. The molecule has 6 atom stereocenters. The predicted octanol–water partition coefficient (Wildman–Crippen LogP) is 13.0. The first-order valence-electron chi connectivity index (χ1n) is 18.8. The molecule has 6 unspecified atom stereocenters. The largest absolute Gasteiger partial charge is 0.327 e. The minimum absolute atomic E-state index is 0.166. The topological polar surface area (TPSA) is 26.0 Å². The Morgan fingerprint density at radius 1 is 0.833 bits per heavy atom. The third kappa shape index (κ3) is 9.36. The minimum atomic E-state index is 0.166. The molecule has 2 N–H and O–H groups in total. The highest BCUT2D eigenvalue weighted by atomic mass is 14.7. The van der Waals surface area contributed by atoms with E-state index in [0.717, 1.165) is 29.6 Å². The van der Waals surface area contributed by atoms with Crippen molar-refractivity contribution in [3.63, 3.8) is 0 Å². The van der Waals surface area contributed by atoms with Crippen LogP contribution in [-0.4, -0.2) is 6.04 Å². The van der Waals surface area contributed by atoms with Crippen LogP contribution in [0.15, 0.2) is 11.1 Å². The van der Waals surface area contributed by atoms with Gasteiger partial charge in [0.1, 0.15) is 0 Å². The van der Waals surface area contributed by atoms with Gasteiger partial charge < -0.3 is 5.73 Å². The Balaban J connectivity index is 2.20. The zero-order valence-corrected chi connectivity index (χ0v) is 31.5. The second-order valence-corrected chi connectivity index (χ2v) is 18.6. The normalized spacial score (nSPS) is 24.6. The van der Waals surface area contributed by atoms with Crippen molar-refractivity contribution in [1.82, 2.24) is 0 Å². The van der Waals surface area contributed by atoms with E-state index in [1.807, 2.05) is 11.1 Å². The van der Waals surface area contributed by atoms with Crippen LogP contribution in [0.3, 0.4) is 0 Å². The summed E-state index contributed by atoms with van der Waals surface area (Å²) in [5.74, 6) is 4.90. The van der Waals surface area contributed by atoms with Crippen molar-refractivity contribution >= 4 is 0 Å². The summed E-state index contributed by atoms with van der Waals surface area (Å²) in [6.07, 6.45) is 18.7. The fourth-order valence-corrected chi connectivity index (χ4v) is 10.6. The van der Waals surface area contributed by atoms with Crippen LogP contribution in [0.1, 0.15) is 187 Å². The van der Waals surface area contributed by atoms with Crippen molar-refractivity contribution in [3.8, 4) is 0 Å². The Morgan fingerprint density at radius 2 is 1.43 bits per heavy atom. The summed E-state index contributed by atoms with van der Waals surface area (Å²) in [4.78, 5) is 0. The number of nitrogens with two attached hydrogens (primary N) is 1. The Morgan fingerprint density at radius 3 is 1.90 bits per heavy atom. The zero-order chi connectivity index (χ0) is 32.1. The molecule has 2 aliphatic carbocycles. The van der Waals surface area contributed by atoms with Gasteiger partial charge in [-0.1, -0.05) is 134 Å². The fourth-order valence-electron chi connectivity index (χ4n) is 10.6. The lowest BCUT2D eigenvalue weighted by Crippen LogP contribution is -2.48. The lowest BCUT2D eigenvalue weighted by atomic mass is 9.59. The maximum atomic E-state index is 7.04. The van der Waals surface area contributed by atoms with E-state index < -0.39 is 0 Å². The van der Waals surface area contributed by atoms with E-state index in [2.05, 4.69) is 96.9 Å². The van der Waals surface area contributed by atoms with E-state index in [0.29, 0.717) is 11.3 Å². The van der Waals surface area contributed by atoms with Gasteiger partial charge in [-0.3, -0.25) is 0 Å². The van der Waals surface area contributed by atoms with Crippen molar-refractivity contribution in [1.29, 1.82) is 0 Å². The van der Waals surface area contributed by atoms with E-state index in [4.69, 9.17) is 5.73 Å². The first-order valence-corrected chi connectivity index (χ1v) is 18.8. The molecule has 2 fully saturated rings. The number of allylic oxidation sites excluding steroid dienone is 2. The smallest absolute Gasteiger partial charge is 0.0142 e. The first-order chi connectivity index (χ1) is 19.3. The molecule has 0 saturated heterocycles. The van der Waals surface area contributed by atoms with Crippen LogP contribution in [-0.2, 0) is 0 Å². The van der Waals surface area contributed by atoms with Crippen molar-refractivity contribution in [2.24, 2.45) is 62.9 Å². The van der Waals surface area contributed by atoms with Gasteiger partial charge in [-0.05, 0) is 121 Å². The summed E-state index contributed by atoms with van der Waals surface area (Å²) in [6.45, 7) is 35.0. The van der Waals surface area contributed by atoms with Gasteiger partial charge in [0.15, 0.2) is 0 Å². The molecule has 1 heteroatoms. The van der Waals surface area contributed by atoms with E-state index in [1.54, 1.807) is 0 Å². The second kappa shape index (κ2) is 15.3. The Labute approximate surface area is 266 Å². The maximum Gasteiger partial charge on any atom is 0.0142 e. The van der Waals surface area contributed by atoms with Crippen LogP contribution in [0.5, 0.6) is 0 Å². The van der Waals surface area contributed by atoms with Crippen LogP contribution < -0.4 is 5.73 Å². The molecule has 0 radical (unpaired) electrons. The van der Waals surface area contributed by atoms with E-state index in [1.165, 1.54) is 89.9 Å². The third-order valence-electron chi connectivity index (χ3n) is 13.0. The Bertz CT molecular complexity index is 833. The van der Waals surface area contributed by atoms with E-state index in [9.17, 15) is 0 Å². The summed E-state index contributed by atoms with van der Waals surface area (Å²) in [6, 6.07) is 0.241. The van der Waals surface area contributed by atoms with Gasteiger partial charge >= 0.3 is 0 Å². The third-order valence-corrected chi connectivity index (χ3v) is 13.0. The number of hydrogen-bond donors (Lipinski definition) is 1. The highest BCUT2D eigenvalue weighted by molar-refractivity contribution is 5.28. The minimum Gasteiger partial charge on any atom is -0.327 e. The Hall–Kier alpha value is -0.300. The molecule has 248 valence electrons.